The Balaban J connectivity index is 1.90. The highest BCUT2D eigenvalue weighted by Gasteiger charge is 2.45. The highest BCUT2D eigenvalue weighted by molar-refractivity contribution is 5.32. The Bertz CT molecular complexity index is 403. The number of hydrogen-bond acceptors (Lipinski definition) is 3. The van der Waals surface area contributed by atoms with Crippen molar-refractivity contribution in [3.8, 4) is 5.75 Å². The maximum Gasteiger partial charge on any atom is 0.118 e. The predicted octanol–water partition coefficient (Wildman–Crippen LogP) is 1.61. The van der Waals surface area contributed by atoms with Gasteiger partial charge in [0.15, 0.2) is 0 Å². The van der Waals surface area contributed by atoms with Gasteiger partial charge in [-0.1, -0.05) is 12.1 Å². The fourth-order valence-electron chi connectivity index (χ4n) is 3.22. The largest absolute Gasteiger partial charge is 0.497 e. The van der Waals surface area contributed by atoms with E-state index in [-0.39, 0.29) is 0 Å². The first-order valence-corrected chi connectivity index (χ1v) is 6.31. The van der Waals surface area contributed by atoms with E-state index in [9.17, 15) is 5.11 Å². The van der Waals surface area contributed by atoms with Crippen molar-refractivity contribution in [3.63, 3.8) is 0 Å². The zero-order chi connectivity index (χ0) is 11.9. The minimum absolute atomic E-state index is 0.393. The number of rotatable bonds is 2. The zero-order valence-corrected chi connectivity index (χ0v) is 10.2. The third-order valence-corrected chi connectivity index (χ3v) is 4.35. The Morgan fingerprint density at radius 2 is 2.06 bits per heavy atom. The summed E-state index contributed by atoms with van der Waals surface area (Å²) in [6.07, 6.45) is 1.96. The molecule has 3 atom stereocenters. The van der Waals surface area contributed by atoms with Gasteiger partial charge >= 0.3 is 0 Å². The molecule has 1 aromatic rings. The molecule has 3 rings (SSSR count). The van der Waals surface area contributed by atoms with Gasteiger partial charge < -0.3 is 14.7 Å². The summed E-state index contributed by atoms with van der Waals surface area (Å²) in [5.41, 5.74) is 0.420. The SMILES string of the molecule is COc1ccc(C2(O)CCN3CCC2C3)cc1. The maximum absolute atomic E-state index is 10.9. The Labute approximate surface area is 102 Å². The lowest BCUT2D eigenvalue weighted by Crippen LogP contribution is -2.44. The van der Waals surface area contributed by atoms with Crippen LogP contribution < -0.4 is 4.74 Å². The van der Waals surface area contributed by atoms with Gasteiger partial charge in [0.1, 0.15) is 5.75 Å². The fourth-order valence-corrected chi connectivity index (χ4v) is 3.22. The molecular weight excluding hydrogens is 214 g/mol. The first kappa shape index (κ1) is 11.1. The first-order chi connectivity index (χ1) is 8.22. The van der Waals surface area contributed by atoms with E-state index in [1.807, 2.05) is 24.3 Å². The second-order valence-corrected chi connectivity index (χ2v) is 5.19. The van der Waals surface area contributed by atoms with Crippen LogP contribution in [-0.4, -0.2) is 36.8 Å². The smallest absolute Gasteiger partial charge is 0.118 e. The van der Waals surface area contributed by atoms with Crippen molar-refractivity contribution in [2.24, 2.45) is 5.92 Å². The monoisotopic (exact) mass is 233 g/mol. The molecule has 2 bridgehead atoms. The van der Waals surface area contributed by atoms with Gasteiger partial charge in [-0.25, -0.2) is 0 Å². The number of methoxy groups -OCH3 is 1. The van der Waals surface area contributed by atoms with Crippen molar-refractivity contribution in [1.29, 1.82) is 0 Å². The van der Waals surface area contributed by atoms with E-state index in [1.54, 1.807) is 7.11 Å². The van der Waals surface area contributed by atoms with Crippen LogP contribution in [0.25, 0.3) is 0 Å². The Hall–Kier alpha value is -1.06. The topological polar surface area (TPSA) is 32.7 Å². The summed E-state index contributed by atoms with van der Waals surface area (Å²) in [5.74, 6) is 1.24. The number of benzene rings is 1. The van der Waals surface area contributed by atoms with Crippen molar-refractivity contribution in [2.45, 2.75) is 18.4 Å². The van der Waals surface area contributed by atoms with Gasteiger partial charge in [0.2, 0.25) is 0 Å². The van der Waals surface area contributed by atoms with Crippen LogP contribution in [0.3, 0.4) is 0 Å². The molecule has 0 amide bonds. The van der Waals surface area contributed by atoms with Gasteiger partial charge in [0.05, 0.1) is 12.7 Å². The second-order valence-electron chi connectivity index (χ2n) is 5.19. The lowest BCUT2D eigenvalue weighted by Gasteiger charge is -2.39. The zero-order valence-electron chi connectivity index (χ0n) is 10.2. The van der Waals surface area contributed by atoms with E-state index in [1.165, 1.54) is 0 Å². The molecule has 2 fully saturated rings. The van der Waals surface area contributed by atoms with Crippen LogP contribution in [0.2, 0.25) is 0 Å². The normalized spacial score (nSPS) is 35.9. The second kappa shape index (κ2) is 4.00. The van der Waals surface area contributed by atoms with Crippen molar-refractivity contribution >= 4 is 0 Å². The number of aliphatic hydroxyl groups is 1. The van der Waals surface area contributed by atoms with Gasteiger partial charge in [-0.2, -0.15) is 0 Å². The molecule has 0 saturated carbocycles. The highest BCUT2D eigenvalue weighted by Crippen LogP contribution is 2.42. The molecule has 17 heavy (non-hydrogen) atoms. The fraction of sp³-hybridized carbons (Fsp3) is 0.571. The van der Waals surface area contributed by atoms with E-state index in [4.69, 9.17) is 4.74 Å². The minimum atomic E-state index is -0.626. The molecule has 2 heterocycles. The molecule has 1 N–H and O–H groups in total. The summed E-state index contributed by atoms with van der Waals surface area (Å²) < 4.78 is 5.16. The molecule has 2 aliphatic heterocycles. The van der Waals surface area contributed by atoms with Crippen LogP contribution in [0, 0.1) is 5.92 Å². The van der Waals surface area contributed by atoms with E-state index in [2.05, 4.69) is 4.90 Å². The van der Waals surface area contributed by atoms with Gasteiger partial charge in [0.25, 0.3) is 0 Å². The van der Waals surface area contributed by atoms with E-state index in [0.29, 0.717) is 5.92 Å². The van der Waals surface area contributed by atoms with E-state index in [0.717, 1.165) is 43.8 Å². The molecule has 3 heteroatoms. The molecule has 3 unspecified atom stereocenters. The van der Waals surface area contributed by atoms with Gasteiger partial charge in [-0.05, 0) is 37.1 Å². The van der Waals surface area contributed by atoms with Crippen LogP contribution in [0.1, 0.15) is 18.4 Å². The lowest BCUT2D eigenvalue weighted by molar-refractivity contribution is -0.0502. The van der Waals surface area contributed by atoms with E-state index < -0.39 is 5.60 Å². The van der Waals surface area contributed by atoms with Crippen molar-refractivity contribution in [2.75, 3.05) is 26.7 Å². The highest BCUT2D eigenvalue weighted by atomic mass is 16.5. The quantitative estimate of drug-likeness (QED) is 0.842. The molecule has 1 aromatic carbocycles. The Morgan fingerprint density at radius 3 is 2.76 bits per heavy atom. The summed E-state index contributed by atoms with van der Waals surface area (Å²) in [6, 6.07) is 7.89. The molecular formula is C14H19NO2. The molecule has 2 aliphatic rings. The summed E-state index contributed by atoms with van der Waals surface area (Å²) >= 11 is 0. The number of piperidine rings is 1. The Kier molecular flexibility index (Phi) is 2.60. The van der Waals surface area contributed by atoms with Crippen LogP contribution in [-0.2, 0) is 5.60 Å². The van der Waals surface area contributed by atoms with Crippen molar-refractivity contribution < 1.29 is 9.84 Å². The summed E-state index contributed by atoms with van der Waals surface area (Å²) in [5, 5.41) is 10.9. The Morgan fingerprint density at radius 1 is 1.29 bits per heavy atom. The summed E-state index contributed by atoms with van der Waals surface area (Å²) in [6.45, 7) is 3.20. The molecule has 0 radical (unpaired) electrons. The average molecular weight is 233 g/mol. The first-order valence-electron chi connectivity index (χ1n) is 6.31. The third kappa shape index (κ3) is 1.74. The lowest BCUT2D eigenvalue weighted by atomic mass is 9.77. The molecule has 2 saturated heterocycles. The van der Waals surface area contributed by atoms with Crippen molar-refractivity contribution in [1.82, 2.24) is 4.90 Å². The standard InChI is InChI=1S/C14H19NO2/c1-17-13-4-2-11(3-5-13)14(16)7-9-15-8-6-12(14)10-15/h2-5,12,16H,6-10H2,1H3. The van der Waals surface area contributed by atoms with E-state index >= 15 is 0 Å². The molecule has 3 nitrogen and oxygen atoms in total. The van der Waals surface area contributed by atoms with Crippen LogP contribution in [0.5, 0.6) is 5.75 Å². The van der Waals surface area contributed by atoms with Crippen LogP contribution >= 0.6 is 0 Å². The van der Waals surface area contributed by atoms with Gasteiger partial charge in [-0.3, -0.25) is 0 Å². The molecule has 92 valence electrons. The van der Waals surface area contributed by atoms with Crippen LogP contribution in [0.4, 0.5) is 0 Å². The maximum atomic E-state index is 10.9. The predicted molar refractivity (Wildman–Crippen MR) is 66.1 cm³/mol. The number of fused-ring (bicyclic) bond motifs is 2. The number of hydrogen-bond donors (Lipinski definition) is 1. The third-order valence-electron chi connectivity index (χ3n) is 4.35. The van der Waals surface area contributed by atoms with Gasteiger partial charge in [0, 0.05) is 19.0 Å². The molecule has 0 aromatic heterocycles. The molecule has 0 aliphatic carbocycles. The van der Waals surface area contributed by atoms with Crippen molar-refractivity contribution in [3.05, 3.63) is 29.8 Å². The number of nitrogens with zero attached hydrogens (tertiary/aromatic N) is 1. The summed E-state index contributed by atoms with van der Waals surface area (Å²) in [7, 11) is 1.67. The summed E-state index contributed by atoms with van der Waals surface area (Å²) in [4.78, 5) is 2.45. The average Bonchev–Trinajstić information content (AvgIpc) is 2.80. The minimum Gasteiger partial charge on any atom is -0.497 e. The number of ether oxygens (including phenoxy) is 1. The van der Waals surface area contributed by atoms with Gasteiger partial charge in [-0.15, -0.1) is 0 Å². The molecule has 0 spiro atoms. The van der Waals surface area contributed by atoms with Crippen LogP contribution in [0.15, 0.2) is 24.3 Å².